The van der Waals surface area contributed by atoms with Crippen molar-refractivity contribution in [3.63, 3.8) is 0 Å². The molecule has 3 rings (SSSR count). The molecule has 1 aliphatic rings. The summed E-state index contributed by atoms with van der Waals surface area (Å²) in [7, 11) is 4.64. The van der Waals surface area contributed by atoms with Crippen LogP contribution in [-0.2, 0) is 0 Å². The number of rotatable bonds is 9. The first-order valence-corrected chi connectivity index (χ1v) is 10.2. The van der Waals surface area contributed by atoms with Gasteiger partial charge in [-0.2, -0.15) is 5.26 Å². The van der Waals surface area contributed by atoms with E-state index in [2.05, 4.69) is 15.9 Å². The lowest BCUT2D eigenvalue weighted by Gasteiger charge is -2.37. The highest BCUT2D eigenvalue weighted by atomic mass is 16.5. The lowest BCUT2D eigenvalue weighted by Crippen LogP contribution is -2.49. The van der Waals surface area contributed by atoms with Crippen LogP contribution in [0.1, 0.15) is 5.56 Å². The molecule has 1 heterocycles. The van der Waals surface area contributed by atoms with E-state index in [1.165, 1.54) is 0 Å². The van der Waals surface area contributed by atoms with E-state index in [1.807, 2.05) is 24.3 Å². The van der Waals surface area contributed by atoms with Crippen LogP contribution in [0.3, 0.4) is 0 Å². The number of β-amino-alcohol motifs (C(OH)–C–C–N with tert-alkyl or cyclic N) is 1. The Kier molecular flexibility index (Phi) is 7.82. The molecule has 0 radical (unpaired) electrons. The summed E-state index contributed by atoms with van der Waals surface area (Å²) in [4.78, 5) is 4.42. The molecule has 0 spiro atoms. The maximum atomic E-state index is 10.5. The first kappa shape index (κ1) is 22.5. The summed E-state index contributed by atoms with van der Waals surface area (Å²) in [6.45, 7) is 3.88. The van der Waals surface area contributed by atoms with Crippen molar-refractivity contribution < 1.29 is 24.1 Å². The van der Waals surface area contributed by atoms with Crippen molar-refractivity contribution in [3.8, 4) is 29.1 Å². The molecule has 1 N–H and O–H groups in total. The molecule has 1 unspecified atom stereocenters. The Hall–Kier alpha value is -3.15. The second-order valence-corrected chi connectivity index (χ2v) is 7.24. The van der Waals surface area contributed by atoms with E-state index in [0.29, 0.717) is 35.1 Å². The number of piperazine rings is 1. The quantitative estimate of drug-likeness (QED) is 0.651. The fourth-order valence-electron chi connectivity index (χ4n) is 3.70. The lowest BCUT2D eigenvalue weighted by molar-refractivity contribution is 0.0661. The van der Waals surface area contributed by atoms with Gasteiger partial charge in [0.2, 0.25) is 5.75 Å². The summed E-state index contributed by atoms with van der Waals surface area (Å²) >= 11 is 0. The molecule has 1 aliphatic heterocycles. The second kappa shape index (κ2) is 10.8. The number of nitrogens with zero attached hydrogens (tertiary/aromatic N) is 3. The molecule has 0 aromatic heterocycles. The minimum absolute atomic E-state index is 0.149. The average Bonchev–Trinajstić information content (AvgIpc) is 2.82. The summed E-state index contributed by atoms with van der Waals surface area (Å²) in [5.74, 6) is 2.03. The van der Waals surface area contributed by atoms with Crippen molar-refractivity contribution in [2.75, 3.05) is 65.6 Å². The minimum atomic E-state index is -0.642. The third-order valence-corrected chi connectivity index (χ3v) is 5.29. The van der Waals surface area contributed by atoms with Gasteiger partial charge in [-0.05, 0) is 12.1 Å². The van der Waals surface area contributed by atoms with Crippen molar-refractivity contribution in [1.82, 2.24) is 4.90 Å². The van der Waals surface area contributed by atoms with Gasteiger partial charge in [0.15, 0.2) is 11.5 Å². The molecule has 166 valence electrons. The Morgan fingerprint density at radius 1 is 1.00 bits per heavy atom. The summed E-state index contributed by atoms with van der Waals surface area (Å²) in [5, 5.41) is 19.8. The predicted molar refractivity (Wildman–Crippen MR) is 117 cm³/mol. The molecule has 1 atom stereocenters. The highest BCUT2D eigenvalue weighted by Crippen LogP contribution is 2.40. The molecule has 0 amide bonds. The first-order valence-electron chi connectivity index (χ1n) is 10.2. The van der Waals surface area contributed by atoms with Crippen LogP contribution in [0.4, 0.5) is 5.69 Å². The Morgan fingerprint density at radius 3 is 2.23 bits per heavy atom. The van der Waals surface area contributed by atoms with E-state index in [-0.39, 0.29) is 6.61 Å². The average molecular weight is 428 g/mol. The normalized spacial score (nSPS) is 15.1. The molecule has 1 fully saturated rings. The molecule has 2 aromatic carbocycles. The zero-order valence-corrected chi connectivity index (χ0v) is 18.2. The molecular weight excluding hydrogens is 398 g/mol. The fraction of sp³-hybridized carbons (Fsp3) is 0.435. The molecule has 0 bridgehead atoms. The molecule has 0 aliphatic carbocycles. The van der Waals surface area contributed by atoms with Gasteiger partial charge in [-0.25, -0.2) is 0 Å². The van der Waals surface area contributed by atoms with Crippen LogP contribution in [0.15, 0.2) is 36.4 Å². The van der Waals surface area contributed by atoms with Gasteiger partial charge in [0.05, 0.1) is 32.6 Å². The summed E-state index contributed by atoms with van der Waals surface area (Å²) < 4.78 is 21.7. The minimum Gasteiger partial charge on any atom is -0.493 e. The van der Waals surface area contributed by atoms with Crippen LogP contribution in [0.2, 0.25) is 0 Å². The van der Waals surface area contributed by atoms with Crippen LogP contribution < -0.4 is 23.8 Å². The van der Waals surface area contributed by atoms with E-state index in [9.17, 15) is 10.4 Å². The van der Waals surface area contributed by atoms with E-state index in [1.54, 1.807) is 33.5 Å². The third kappa shape index (κ3) is 5.51. The van der Waals surface area contributed by atoms with E-state index < -0.39 is 6.10 Å². The number of benzene rings is 2. The van der Waals surface area contributed by atoms with Crippen molar-refractivity contribution >= 4 is 5.69 Å². The SMILES string of the molecule is COc1cc(OCC(O)CN2CCN(c3ccccc3C#N)CC2)cc(OC)c1OC. The van der Waals surface area contributed by atoms with Gasteiger partial charge in [-0.1, -0.05) is 12.1 Å². The van der Waals surface area contributed by atoms with Crippen molar-refractivity contribution in [1.29, 1.82) is 5.26 Å². The van der Waals surface area contributed by atoms with Gasteiger partial charge in [0.25, 0.3) is 0 Å². The Labute approximate surface area is 183 Å². The van der Waals surface area contributed by atoms with Crippen LogP contribution in [0.25, 0.3) is 0 Å². The van der Waals surface area contributed by atoms with Crippen molar-refractivity contribution in [3.05, 3.63) is 42.0 Å². The maximum absolute atomic E-state index is 10.5. The molecule has 8 heteroatoms. The second-order valence-electron chi connectivity index (χ2n) is 7.24. The van der Waals surface area contributed by atoms with Gasteiger partial charge in [0, 0.05) is 44.9 Å². The standard InChI is InChI=1S/C23H29N3O5/c1-28-21-12-19(13-22(29-2)23(21)30-3)31-16-18(27)15-25-8-10-26(11-9-25)20-7-5-4-6-17(20)14-24/h4-7,12-13,18,27H,8-11,15-16H2,1-3H3. The number of hydrogen-bond acceptors (Lipinski definition) is 8. The number of aliphatic hydroxyl groups excluding tert-OH is 1. The molecular formula is C23H29N3O5. The zero-order chi connectivity index (χ0) is 22.2. The maximum Gasteiger partial charge on any atom is 0.203 e. The number of anilines is 1. The van der Waals surface area contributed by atoms with Gasteiger partial charge in [-0.15, -0.1) is 0 Å². The van der Waals surface area contributed by atoms with Gasteiger partial charge in [-0.3, -0.25) is 4.90 Å². The highest BCUT2D eigenvalue weighted by molar-refractivity contribution is 5.59. The number of hydrogen-bond donors (Lipinski definition) is 1. The van der Waals surface area contributed by atoms with Crippen molar-refractivity contribution in [2.24, 2.45) is 0 Å². The fourth-order valence-corrected chi connectivity index (χ4v) is 3.70. The zero-order valence-electron chi connectivity index (χ0n) is 18.2. The van der Waals surface area contributed by atoms with Gasteiger partial charge < -0.3 is 29.0 Å². The Morgan fingerprint density at radius 2 is 1.65 bits per heavy atom. The molecule has 31 heavy (non-hydrogen) atoms. The number of aliphatic hydroxyl groups is 1. The smallest absolute Gasteiger partial charge is 0.203 e. The van der Waals surface area contributed by atoms with E-state index in [0.717, 1.165) is 31.9 Å². The summed E-state index contributed by atoms with van der Waals surface area (Å²) in [6.07, 6.45) is -0.642. The number of nitriles is 1. The predicted octanol–water partition coefficient (Wildman–Crippen LogP) is 2.15. The number of para-hydroxylation sites is 1. The molecule has 0 saturated carbocycles. The van der Waals surface area contributed by atoms with Crippen molar-refractivity contribution in [2.45, 2.75) is 6.10 Å². The van der Waals surface area contributed by atoms with Gasteiger partial charge in [0.1, 0.15) is 24.5 Å². The first-order chi connectivity index (χ1) is 15.1. The van der Waals surface area contributed by atoms with Crippen LogP contribution in [-0.4, -0.2) is 76.8 Å². The van der Waals surface area contributed by atoms with Crippen LogP contribution >= 0.6 is 0 Å². The van der Waals surface area contributed by atoms with Crippen LogP contribution in [0.5, 0.6) is 23.0 Å². The number of ether oxygens (including phenoxy) is 4. The Bertz CT molecular complexity index is 881. The third-order valence-electron chi connectivity index (χ3n) is 5.29. The topological polar surface area (TPSA) is 87.4 Å². The summed E-state index contributed by atoms with van der Waals surface area (Å²) in [5.41, 5.74) is 1.66. The lowest BCUT2D eigenvalue weighted by atomic mass is 10.1. The highest BCUT2D eigenvalue weighted by Gasteiger charge is 2.21. The van der Waals surface area contributed by atoms with Gasteiger partial charge >= 0.3 is 0 Å². The monoisotopic (exact) mass is 427 g/mol. The molecule has 8 nitrogen and oxygen atoms in total. The Balaban J connectivity index is 1.51. The molecule has 2 aromatic rings. The largest absolute Gasteiger partial charge is 0.493 e. The van der Waals surface area contributed by atoms with E-state index >= 15 is 0 Å². The van der Waals surface area contributed by atoms with Crippen LogP contribution in [0, 0.1) is 11.3 Å². The van der Waals surface area contributed by atoms with E-state index in [4.69, 9.17) is 18.9 Å². The summed E-state index contributed by atoms with van der Waals surface area (Å²) in [6, 6.07) is 13.3. The molecule has 1 saturated heterocycles. The number of methoxy groups -OCH3 is 3.